The Hall–Kier alpha value is -2.43. The van der Waals surface area contributed by atoms with Crippen molar-refractivity contribution in [2.75, 3.05) is 25.6 Å². The van der Waals surface area contributed by atoms with Crippen LogP contribution < -0.4 is 10.1 Å². The van der Waals surface area contributed by atoms with E-state index in [0.717, 1.165) is 0 Å². The minimum atomic E-state index is -0.352. The van der Waals surface area contributed by atoms with Crippen LogP contribution in [0.4, 0.5) is 5.69 Å². The summed E-state index contributed by atoms with van der Waals surface area (Å²) in [6.45, 7) is 0.651. The van der Waals surface area contributed by atoms with E-state index < -0.39 is 0 Å². The molecule has 22 heavy (non-hydrogen) atoms. The maximum Gasteiger partial charge on any atom is 0.163 e. The predicted molar refractivity (Wildman–Crippen MR) is 81.3 cm³/mol. The Bertz CT molecular complexity index is 695. The summed E-state index contributed by atoms with van der Waals surface area (Å²) < 4.78 is 10.3. The van der Waals surface area contributed by atoms with Crippen LogP contribution in [0.5, 0.6) is 5.75 Å². The van der Waals surface area contributed by atoms with Gasteiger partial charge >= 0.3 is 0 Å². The minimum Gasteiger partial charge on any atom is -0.490 e. The van der Waals surface area contributed by atoms with Gasteiger partial charge in [0.1, 0.15) is 36.3 Å². The molecule has 8 heteroatoms. The van der Waals surface area contributed by atoms with Gasteiger partial charge in [-0.3, -0.25) is 0 Å². The zero-order valence-corrected chi connectivity index (χ0v) is 13.0. The molecule has 0 saturated heterocycles. The van der Waals surface area contributed by atoms with E-state index in [-0.39, 0.29) is 33.6 Å². The van der Waals surface area contributed by atoms with E-state index in [0.29, 0.717) is 12.4 Å². The van der Waals surface area contributed by atoms with E-state index in [4.69, 9.17) is 48.5 Å². The van der Waals surface area contributed by atoms with Gasteiger partial charge in [0.2, 0.25) is 0 Å². The highest BCUT2D eigenvalue weighted by Crippen LogP contribution is 2.35. The lowest BCUT2D eigenvalue weighted by Crippen LogP contribution is -2.06. The van der Waals surface area contributed by atoms with Crippen LogP contribution in [-0.2, 0) is 4.74 Å². The third kappa shape index (κ3) is 4.55. The first-order chi connectivity index (χ1) is 10.6. The van der Waals surface area contributed by atoms with Crippen molar-refractivity contribution in [2.45, 2.75) is 0 Å². The first kappa shape index (κ1) is 17.6. The standard InChI is InChI=1S/C14H10Cl2N4O2/c1-21-2-3-22-14-5-12(10(15)4-11(14)16)20-13(8-19)9(6-17)7-18/h4-5,20H,2-3H2,1H3. The second kappa shape index (κ2) is 8.77. The highest BCUT2D eigenvalue weighted by molar-refractivity contribution is 6.37. The van der Waals surface area contributed by atoms with Gasteiger partial charge in [-0.15, -0.1) is 0 Å². The van der Waals surface area contributed by atoms with Gasteiger partial charge < -0.3 is 14.8 Å². The fourth-order valence-electron chi connectivity index (χ4n) is 1.39. The maximum absolute atomic E-state index is 9.02. The molecule has 0 unspecified atom stereocenters. The number of halogens is 2. The molecule has 0 aliphatic carbocycles. The maximum atomic E-state index is 9.02. The number of nitrogens with zero attached hydrogens (tertiary/aromatic N) is 3. The summed E-state index contributed by atoms with van der Waals surface area (Å²) in [6.07, 6.45) is 0. The number of hydrogen-bond acceptors (Lipinski definition) is 6. The largest absolute Gasteiger partial charge is 0.490 e. The normalized spacial score (nSPS) is 9.09. The Morgan fingerprint density at radius 1 is 1.09 bits per heavy atom. The first-order valence-electron chi connectivity index (χ1n) is 5.89. The number of allylic oxidation sites excluding steroid dienone is 2. The predicted octanol–water partition coefficient (Wildman–Crippen LogP) is 3.26. The van der Waals surface area contributed by atoms with Gasteiger partial charge in [0.25, 0.3) is 0 Å². The zero-order valence-electron chi connectivity index (χ0n) is 11.5. The summed E-state index contributed by atoms with van der Waals surface area (Å²) in [7, 11) is 1.54. The van der Waals surface area contributed by atoms with Crippen molar-refractivity contribution in [1.82, 2.24) is 0 Å². The molecule has 0 aliphatic heterocycles. The van der Waals surface area contributed by atoms with Gasteiger partial charge in [0.05, 0.1) is 22.3 Å². The van der Waals surface area contributed by atoms with Crippen LogP contribution in [0.1, 0.15) is 0 Å². The third-order valence-corrected chi connectivity index (χ3v) is 3.02. The fraction of sp³-hybridized carbons (Fsp3) is 0.214. The molecule has 0 amide bonds. The van der Waals surface area contributed by atoms with E-state index in [9.17, 15) is 0 Å². The Morgan fingerprint density at radius 3 is 2.32 bits per heavy atom. The number of nitriles is 3. The summed E-state index contributed by atoms with van der Waals surface area (Å²) in [5, 5.41) is 29.8. The molecule has 0 bridgehead atoms. The number of methoxy groups -OCH3 is 1. The Balaban J connectivity index is 3.13. The van der Waals surface area contributed by atoms with Gasteiger partial charge in [-0.05, 0) is 6.07 Å². The molecule has 1 aromatic carbocycles. The SMILES string of the molecule is COCCOc1cc(NC(C#N)=C(C#N)C#N)c(Cl)cc1Cl. The molecule has 1 aromatic rings. The smallest absolute Gasteiger partial charge is 0.163 e. The van der Waals surface area contributed by atoms with Crippen molar-refractivity contribution >= 4 is 28.9 Å². The molecule has 0 spiro atoms. The molecular weight excluding hydrogens is 327 g/mol. The number of benzene rings is 1. The van der Waals surface area contributed by atoms with Crippen molar-refractivity contribution in [3.05, 3.63) is 33.4 Å². The molecule has 1 N–H and O–H groups in total. The monoisotopic (exact) mass is 336 g/mol. The topological polar surface area (TPSA) is 102 Å². The van der Waals surface area contributed by atoms with Gasteiger partial charge in [0, 0.05) is 13.2 Å². The third-order valence-electron chi connectivity index (χ3n) is 2.41. The molecule has 0 atom stereocenters. The number of hydrogen-bond donors (Lipinski definition) is 1. The lowest BCUT2D eigenvalue weighted by atomic mass is 10.2. The van der Waals surface area contributed by atoms with Crippen LogP contribution in [-0.4, -0.2) is 20.3 Å². The van der Waals surface area contributed by atoms with Gasteiger partial charge in [0.15, 0.2) is 5.57 Å². The van der Waals surface area contributed by atoms with Gasteiger partial charge in [-0.25, -0.2) is 0 Å². The summed E-state index contributed by atoms with van der Waals surface area (Å²) in [6, 6.07) is 7.90. The summed E-state index contributed by atoms with van der Waals surface area (Å²) in [4.78, 5) is 0. The van der Waals surface area contributed by atoms with Crippen LogP contribution in [0.15, 0.2) is 23.4 Å². The van der Waals surface area contributed by atoms with Crippen LogP contribution >= 0.6 is 23.2 Å². The molecule has 0 heterocycles. The van der Waals surface area contributed by atoms with E-state index in [1.54, 1.807) is 18.2 Å². The van der Waals surface area contributed by atoms with Crippen molar-refractivity contribution in [3.63, 3.8) is 0 Å². The van der Waals surface area contributed by atoms with Gasteiger partial charge in [-0.1, -0.05) is 23.2 Å². The average Bonchev–Trinajstić information content (AvgIpc) is 2.51. The summed E-state index contributed by atoms with van der Waals surface area (Å²) in [5.74, 6) is 0.332. The minimum absolute atomic E-state index is 0.211. The lowest BCUT2D eigenvalue weighted by molar-refractivity contribution is 0.146. The van der Waals surface area contributed by atoms with E-state index in [1.807, 2.05) is 0 Å². The molecule has 0 radical (unpaired) electrons. The second-order valence-electron chi connectivity index (χ2n) is 3.81. The zero-order chi connectivity index (χ0) is 16.5. The van der Waals surface area contributed by atoms with E-state index in [1.165, 1.54) is 19.2 Å². The molecule has 0 fully saturated rings. The molecule has 0 aromatic heterocycles. The highest BCUT2D eigenvalue weighted by Gasteiger charge is 2.12. The van der Waals surface area contributed by atoms with Crippen molar-refractivity contribution in [3.8, 4) is 24.0 Å². The van der Waals surface area contributed by atoms with E-state index in [2.05, 4.69) is 5.32 Å². The number of rotatable bonds is 6. The highest BCUT2D eigenvalue weighted by atomic mass is 35.5. The molecular formula is C14H10Cl2N4O2. The van der Waals surface area contributed by atoms with Crippen molar-refractivity contribution < 1.29 is 9.47 Å². The number of ether oxygens (including phenoxy) is 2. The quantitative estimate of drug-likeness (QED) is 0.631. The molecule has 0 aliphatic rings. The van der Waals surface area contributed by atoms with Gasteiger partial charge in [-0.2, -0.15) is 15.8 Å². The summed E-state index contributed by atoms with van der Waals surface area (Å²) in [5.41, 5.74) is -0.273. The number of nitrogens with one attached hydrogen (secondary N) is 1. The van der Waals surface area contributed by atoms with Crippen LogP contribution in [0.3, 0.4) is 0 Å². The first-order valence-corrected chi connectivity index (χ1v) is 6.65. The average molecular weight is 337 g/mol. The van der Waals surface area contributed by atoms with Crippen molar-refractivity contribution in [2.24, 2.45) is 0 Å². The molecule has 0 saturated carbocycles. The molecule has 1 rings (SSSR count). The van der Waals surface area contributed by atoms with Crippen LogP contribution in [0, 0.1) is 34.0 Å². The lowest BCUT2D eigenvalue weighted by Gasteiger charge is -2.12. The van der Waals surface area contributed by atoms with Crippen LogP contribution in [0.2, 0.25) is 10.0 Å². The second-order valence-corrected chi connectivity index (χ2v) is 4.63. The Labute approximate surface area is 137 Å². The summed E-state index contributed by atoms with van der Waals surface area (Å²) >= 11 is 12.0. The van der Waals surface area contributed by atoms with Crippen LogP contribution in [0.25, 0.3) is 0 Å². The Morgan fingerprint density at radius 2 is 1.77 bits per heavy atom. The molecule has 6 nitrogen and oxygen atoms in total. The van der Waals surface area contributed by atoms with Crippen molar-refractivity contribution in [1.29, 1.82) is 15.8 Å². The Kier molecular flexibility index (Phi) is 7.02. The van der Waals surface area contributed by atoms with E-state index >= 15 is 0 Å². The number of anilines is 1. The molecule has 112 valence electrons. The fourth-order valence-corrected chi connectivity index (χ4v) is 1.87.